The average molecular weight is 504 g/mol. The number of ether oxygens (including phenoxy) is 3. The number of carbonyl (C=O) groups is 3. The number of hydrogen-bond donors (Lipinski definition) is 5. The number of carboxylic acid groups (broad SMARTS) is 1. The Morgan fingerprint density at radius 1 is 0.917 bits per heavy atom. The zero-order valence-electron chi connectivity index (χ0n) is 19.7. The number of benzene rings is 2. The largest absolute Gasteiger partial charge is 0.492 e. The molecule has 2 aromatic rings. The Morgan fingerprint density at radius 3 is 2.11 bits per heavy atom. The van der Waals surface area contributed by atoms with Crippen LogP contribution in [0.4, 0.5) is 0 Å². The van der Waals surface area contributed by atoms with Crippen LogP contribution in [0.15, 0.2) is 48.5 Å². The molecule has 2 aromatic carbocycles. The minimum atomic E-state index is -1.89. The molecule has 0 aromatic heterocycles. The molecule has 0 spiro atoms. The van der Waals surface area contributed by atoms with Crippen LogP contribution < -0.4 is 10.1 Å². The summed E-state index contributed by atoms with van der Waals surface area (Å²) >= 11 is 0. The van der Waals surface area contributed by atoms with Gasteiger partial charge in [-0.1, -0.05) is 26.0 Å². The second-order valence-electron chi connectivity index (χ2n) is 8.55. The van der Waals surface area contributed by atoms with Crippen molar-refractivity contribution in [2.24, 2.45) is 0 Å². The smallest absolute Gasteiger partial charge is 0.340 e. The molecule has 1 heterocycles. The number of rotatable bonds is 9. The molecule has 1 fully saturated rings. The number of aliphatic hydroxyl groups excluding tert-OH is 3. The lowest BCUT2D eigenvalue weighted by atomic mass is 9.99. The summed E-state index contributed by atoms with van der Waals surface area (Å²) in [4.78, 5) is 35.8. The van der Waals surface area contributed by atoms with Gasteiger partial charge in [0.15, 0.2) is 6.10 Å². The fraction of sp³-hybridized carbons (Fsp3) is 0.400. The van der Waals surface area contributed by atoms with Crippen molar-refractivity contribution in [1.29, 1.82) is 0 Å². The van der Waals surface area contributed by atoms with E-state index in [4.69, 9.17) is 19.3 Å². The van der Waals surface area contributed by atoms with Crippen molar-refractivity contribution in [2.75, 3.05) is 13.2 Å². The van der Waals surface area contributed by atoms with E-state index in [1.54, 1.807) is 12.1 Å². The molecule has 0 unspecified atom stereocenters. The van der Waals surface area contributed by atoms with Crippen LogP contribution >= 0.6 is 0 Å². The molecule has 1 aliphatic heterocycles. The third-order valence-electron chi connectivity index (χ3n) is 5.62. The third-order valence-corrected chi connectivity index (χ3v) is 5.62. The van der Waals surface area contributed by atoms with Gasteiger partial charge in [0, 0.05) is 5.56 Å². The highest BCUT2D eigenvalue weighted by atomic mass is 16.7. The summed E-state index contributed by atoms with van der Waals surface area (Å²) in [6, 6.07) is 13.1. The standard InChI is InChI=1S/C25H29NO10/c1-13(2)14-3-5-15(6-4-14)22(30)26-11-12-34-17-9-7-16(8-10-17)24(33)36-25-20(29)18(27)19(28)21(35-25)23(31)32/h3-10,13,18-21,25,27-29H,11-12H2,1-2H3,(H,26,30)(H,31,32)/t18-,19-,20+,21-,25-/m0/s1. The monoisotopic (exact) mass is 503 g/mol. The highest BCUT2D eigenvalue weighted by Gasteiger charge is 2.48. The summed E-state index contributed by atoms with van der Waals surface area (Å²) in [5, 5.41) is 41.3. The zero-order chi connectivity index (χ0) is 26.4. The SMILES string of the molecule is CC(C)c1ccc(C(=O)NCCOc2ccc(C(=O)O[C@@H]3O[C@H](C(=O)O)[C@@H](O)[C@H](O)[C@H]3O)cc2)cc1. The maximum Gasteiger partial charge on any atom is 0.340 e. The molecular weight excluding hydrogens is 474 g/mol. The van der Waals surface area contributed by atoms with Crippen LogP contribution in [0.2, 0.25) is 0 Å². The molecule has 194 valence electrons. The van der Waals surface area contributed by atoms with E-state index in [9.17, 15) is 29.7 Å². The van der Waals surface area contributed by atoms with Gasteiger partial charge in [0.05, 0.1) is 12.1 Å². The van der Waals surface area contributed by atoms with Gasteiger partial charge in [0.25, 0.3) is 5.91 Å². The molecule has 1 aliphatic rings. The van der Waals surface area contributed by atoms with Crippen LogP contribution in [-0.4, -0.2) is 82.1 Å². The molecule has 0 radical (unpaired) electrons. The predicted octanol–water partition coefficient (Wildman–Crippen LogP) is 0.668. The highest BCUT2D eigenvalue weighted by Crippen LogP contribution is 2.24. The minimum absolute atomic E-state index is 0.0452. The van der Waals surface area contributed by atoms with Crippen LogP contribution in [0.5, 0.6) is 5.75 Å². The van der Waals surface area contributed by atoms with E-state index in [1.807, 2.05) is 12.1 Å². The van der Waals surface area contributed by atoms with Gasteiger partial charge in [-0.2, -0.15) is 0 Å². The molecule has 11 nitrogen and oxygen atoms in total. The molecule has 11 heteroatoms. The quantitative estimate of drug-likeness (QED) is 0.242. The van der Waals surface area contributed by atoms with E-state index in [-0.39, 0.29) is 24.6 Å². The first-order chi connectivity index (χ1) is 17.1. The van der Waals surface area contributed by atoms with Crippen molar-refractivity contribution in [3.8, 4) is 5.75 Å². The third kappa shape index (κ3) is 6.58. The number of aliphatic hydroxyl groups is 3. The normalized spacial score (nSPS) is 23.7. The number of carboxylic acids is 1. The Balaban J connectivity index is 1.46. The summed E-state index contributed by atoms with van der Waals surface area (Å²) in [5.41, 5.74) is 1.74. The van der Waals surface area contributed by atoms with Gasteiger partial charge in [-0.05, 0) is 47.9 Å². The molecule has 1 saturated heterocycles. The fourth-order valence-corrected chi connectivity index (χ4v) is 3.47. The summed E-state index contributed by atoms with van der Waals surface area (Å²) in [6.45, 7) is 4.58. The van der Waals surface area contributed by atoms with Gasteiger partial charge >= 0.3 is 11.9 Å². The second-order valence-corrected chi connectivity index (χ2v) is 8.55. The van der Waals surface area contributed by atoms with Gasteiger partial charge in [0.1, 0.15) is 30.7 Å². The first-order valence-corrected chi connectivity index (χ1v) is 11.3. The van der Waals surface area contributed by atoms with Crippen LogP contribution in [0, 0.1) is 0 Å². The molecule has 0 aliphatic carbocycles. The zero-order valence-corrected chi connectivity index (χ0v) is 19.7. The van der Waals surface area contributed by atoms with Crippen molar-refractivity contribution in [3.63, 3.8) is 0 Å². The van der Waals surface area contributed by atoms with E-state index < -0.39 is 42.6 Å². The van der Waals surface area contributed by atoms with Crippen LogP contribution in [-0.2, 0) is 14.3 Å². The Bertz CT molecular complexity index is 1050. The van der Waals surface area contributed by atoms with E-state index in [0.29, 0.717) is 17.2 Å². The number of aliphatic carboxylic acids is 1. The predicted molar refractivity (Wildman–Crippen MR) is 125 cm³/mol. The number of hydrogen-bond acceptors (Lipinski definition) is 9. The van der Waals surface area contributed by atoms with Gasteiger partial charge in [0.2, 0.25) is 6.29 Å². The van der Waals surface area contributed by atoms with E-state index >= 15 is 0 Å². The molecular formula is C25H29NO10. The fourth-order valence-electron chi connectivity index (χ4n) is 3.47. The average Bonchev–Trinajstić information content (AvgIpc) is 2.86. The van der Waals surface area contributed by atoms with Crippen molar-refractivity contribution in [2.45, 2.75) is 50.5 Å². The van der Waals surface area contributed by atoms with Crippen molar-refractivity contribution in [1.82, 2.24) is 5.32 Å². The van der Waals surface area contributed by atoms with Gasteiger partial charge in [-0.15, -0.1) is 0 Å². The molecule has 5 atom stereocenters. The van der Waals surface area contributed by atoms with Crippen LogP contribution in [0.3, 0.4) is 0 Å². The summed E-state index contributed by atoms with van der Waals surface area (Å²) < 4.78 is 15.5. The van der Waals surface area contributed by atoms with E-state index in [2.05, 4.69) is 19.2 Å². The first-order valence-electron chi connectivity index (χ1n) is 11.3. The maximum atomic E-state index is 12.4. The molecule has 1 amide bonds. The molecule has 36 heavy (non-hydrogen) atoms. The highest BCUT2D eigenvalue weighted by molar-refractivity contribution is 5.94. The summed E-state index contributed by atoms with van der Waals surface area (Å²) in [6.07, 6.45) is -9.28. The van der Waals surface area contributed by atoms with E-state index in [1.165, 1.54) is 24.3 Å². The molecule has 3 rings (SSSR count). The van der Waals surface area contributed by atoms with Crippen LogP contribution in [0.1, 0.15) is 46.0 Å². The maximum absolute atomic E-state index is 12.4. The molecule has 0 bridgehead atoms. The van der Waals surface area contributed by atoms with Gasteiger partial charge < -0.3 is 40.0 Å². The molecule has 0 saturated carbocycles. The Morgan fingerprint density at radius 2 is 1.53 bits per heavy atom. The number of amides is 1. The van der Waals surface area contributed by atoms with Gasteiger partial charge in [-0.25, -0.2) is 9.59 Å². The number of esters is 1. The lowest BCUT2D eigenvalue weighted by Crippen LogP contribution is -2.60. The number of carbonyl (C=O) groups excluding carboxylic acids is 2. The van der Waals surface area contributed by atoms with E-state index in [0.717, 1.165) is 5.56 Å². The Hall–Kier alpha value is -3.51. The van der Waals surface area contributed by atoms with Crippen molar-refractivity contribution in [3.05, 3.63) is 65.2 Å². The first kappa shape index (κ1) is 27.1. The summed E-state index contributed by atoms with van der Waals surface area (Å²) in [5.74, 6) is -1.96. The van der Waals surface area contributed by atoms with Crippen molar-refractivity contribution >= 4 is 17.8 Å². The lowest BCUT2D eigenvalue weighted by molar-refractivity contribution is -0.278. The second kappa shape index (κ2) is 12.0. The lowest BCUT2D eigenvalue weighted by Gasteiger charge is -2.37. The minimum Gasteiger partial charge on any atom is -0.492 e. The number of nitrogens with one attached hydrogen (secondary N) is 1. The van der Waals surface area contributed by atoms with Gasteiger partial charge in [-0.3, -0.25) is 4.79 Å². The van der Waals surface area contributed by atoms with Crippen LogP contribution in [0.25, 0.3) is 0 Å². The Labute approximate surface area is 207 Å². The Kier molecular flexibility index (Phi) is 8.99. The molecule has 5 N–H and O–H groups in total. The summed E-state index contributed by atoms with van der Waals surface area (Å²) in [7, 11) is 0. The topological polar surface area (TPSA) is 172 Å². The van der Waals surface area contributed by atoms with Crippen molar-refractivity contribution < 1.29 is 49.0 Å².